The topological polar surface area (TPSA) is 26.0 Å². The minimum Gasteiger partial charge on any atom is -0.455 e. The van der Waals surface area contributed by atoms with Gasteiger partial charge in [-0.2, -0.15) is 0 Å². The van der Waals surface area contributed by atoms with Crippen LogP contribution in [-0.2, 0) is 0 Å². The lowest BCUT2D eigenvalue weighted by molar-refractivity contribution is 0.670. The molecule has 7 aromatic rings. The lowest BCUT2D eigenvalue weighted by Crippen LogP contribution is -2.37. The van der Waals surface area contributed by atoms with Gasteiger partial charge in [-0.05, 0) is 77.4 Å². The van der Waals surface area contributed by atoms with Crippen LogP contribution in [0, 0.1) is 13.8 Å². The molecular formula is C36H31NOSSi. The fourth-order valence-electron chi connectivity index (χ4n) is 5.75. The molecule has 0 aliphatic rings. The van der Waals surface area contributed by atoms with Gasteiger partial charge in [0.1, 0.15) is 11.2 Å². The van der Waals surface area contributed by atoms with E-state index >= 15 is 0 Å². The Morgan fingerprint density at radius 1 is 0.700 bits per heavy atom. The first-order valence-corrected chi connectivity index (χ1v) is 18.1. The summed E-state index contributed by atoms with van der Waals surface area (Å²) in [5.41, 5.74) is 9.98. The second-order valence-corrected chi connectivity index (χ2v) is 17.9. The smallest absolute Gasteiger partial charge is 0.144 e. The molecular weight excluding hydrogens is 523 g/mol. The number of pyridine rings is 1. The SMILES string of the molecule is Cc1cc(-c2nccc3c(C)c(-c4ccc([Si](C)(C)C)cc4)sc23)c2oc3cc(-c4ccccc4)ccc3c2c1. The van der Waals surface area contributed by atoms with E-state index in [-0.39, 0.29) is 0 Å². The lowest BCUT2D eigenvalue weighted by Gasteiger charge is -2.16. The average Bonchev–Trinajstić information content (AvgIpc) is 3.50. The van der Waals surface area contributed by atoms with Gasteiger partial charge in [-0.1, -0.05) is 85.5 Å². The zero-order valence-corrected chi connectivity index (χ0v) is 25.3. The molecule has 0 saturated heterocycles. The van der Waals surface area contributed by atoms with Gasteiger partial charge in [-0.25, -0.2) is 0 Å². The molecule has 0 fully saturated rings. The fraction of sp³-hybridized carbons (Fsp3) is 0.139. The second kappa shape index (κ2) is 9.29. The molecule has 196 valence electrons. The number of furan rings is 1. The van der Waals surface area contributed by atoms with Crippen LogP contribution in [0.5, 0.6) is 0 Å². The van der Waals surface area contributed by atoms with Gasteiger partial charge in [0.05, 0.1) is 18.5 Å². The van der Waals surface area contributed by atoms with Crippen LogP contribution < -0.4 is 5.19 Å². The van der Waals surface area contributed by atoms with Crippen LogP contribution in [-0.4, -0.2) is 13.1 Å². The predicted octanol–water partition coefficient (Wildman–Crippen LogP) is 10.4. The summed E-state index contributed by atoms with van der Waals surface area (Å²) >= 11 is 1.84. The molecule has 0 bridgehead atoms. The van der Waals surface area contributed by atoms with Gasteiger partial charge in [-0.3, -0.25) is 4.98 Å². The molecule has 3 aromatic heterocycles. The molecule has 40 heavy (non-hydrogen) atoms. The second-order valence-electron chi connectivity index (χ2n) is 11.8. The first-order valence-electron chi connectivity index (χ1n) is 13.8. The van der Waals surface area contributed by atoms with E-state index in [1.165, 1.54) is 42.4 Å². The summed E-state index contributed by atoms with van der Waals surface area (Å²) < 4.78 is 7.85. The van der Waals surface area contributed by atoms with Gasteiger partial charge in [-0.15, -0.1) is 11.3 Å². The van der Waals surface area contributed by atoms with Gasteiger partial charge < -0.3 is 4.42 Å². The molecule has 3 heterocycles. The van der Waals surface area contributed by atoms with Gasteiger partial charge in [0.15, 0.2) is 0 Å². The van der Waals surface area contributed by atoms with Crippen molar-refractivity contribution >= 4 is 56.6 Å². The van der Waals surface area contributed by atoms with Crippen molar-refractivity contribution < 1.29 is 4.42 Å². The Balaban J connectivity index is 1.41. The van der Waals surface area contributed by atoms with Crippen LogP contribution in [0.15, 0.2) is 102 Å². The molecule has 0 aliphatic carbocycles. The largest absolute Gasteiger partial charge is 0.455 e. The molecule has 4 aromatic carbocycles. The van der Waals surface area contributed by atoms with E-state index in [1.807, 2.05) is 23.6 Å². The number of benzene rings is 4. The quantitative estimate of drug-likeness (QED) is 0.203. The van der Waals surface area contributed by atoms with Gasteiger partial charge in [0.25, 0.3) is 0 Å². The Hall–Kier alpha value is -3.99. The number of aryl methyl sites for hydroxylation is 2. The van der Waals surface area contributed by atoms with Crippen LogP contribution in [0.4, 0.5) is 0 Å². The molecule has 0 amide bonds. The third-order valence-electron chi connectivity index (χ3n) is 7.95. The molecule has 4 heteroatoms. The molecule has 0 aliphatic heterocycles. The van der Waals surface area contributed by atoms with Crippen LogP contribution >= 0.6 is 11.3 Å². The van der Waals surface area contributed by atoms with Crippen LogP contribution in [0.3, 0.4) is 0 Å². The number of aromatic nitrogens is 1. The molecule has 0 unspecified atom stereocenters. The van der Waals surface area contributed by atoms with Crippen LogP contribution in [0.25, 0.3) is 64.8 Å². The Bertz CT molecular complexity index is 2040. The maximum absolute atomic E-state index is 6.64. The summed E-state index contributed by atoms with van der Waals surface area (Å²) in [6.07, 6.45) is 1.94. The maximum Gasteiger partial charge on any atom is 0.144 e. The van der Waals surface area contributed by atoms with Crippen molar-refractivity contribution in [3.8, 4) is 32.8 Å². The van der Waals surface area contributed by atoms with E-state index in [9.17, 15) is 0 Å². The maximum atomic E-state index is 6.64. The van der Waals surface area contributed by atoms with E-state index in [4.69, 9.17) is 9.40 Å². The summed E-state index contributed by atoms with van der Waals surface area (Å²) in [6, 6.07) is 32.9. The number of rotatable bonds is 4. The summed E-state index contributed by atoms with van der Waals surface area (Å²) in [7, 11) is -1.34. The van der Waals surface area contributed by atoms with Gasteiger partial charge in [0, 0.05) is 27.4 Å². The van der Waals surface area contributed by atoms with Crippen molar-refractivity contribution in [1.82, 2.24) is 4.98 Å². The van der Waals surface area contributed by atoms with Crippen LogP contribution in [0.2, 0.25) is 19.6 Å². The van der Waals surface area contributed by atoms with Gasteiger partial charge >= 0.3 is 0 Å². The first kappa shape index (κ1) is 25.0. The minimum absolute atomic E-state index is 0.901. The number of nitrogens with zero attached hydrogens (tertiary/aromatic N) is 1. The molecule has 0 atom stereocenters. The number of hydrogen-bond acceptors (Lipinski definition) is 3. The van der Waals surface area contributed by atoms with E-state index in [0.717, 1.165) is 38.8 Å². The monoisotopic (exact) mass is 553 g/mol. The minimum atomic E-state index is -1.34. The summed E-state index contributed by atoms with van der Waals surface area (Å²) in [5, 5.41) is 5.02. The highest BCUT2D eigenvalue weighted by atomic mass is 32.1. The summed E-state index contributed by atoms with van der Waals surface area (Å²) in [5.74, 6) is 0. The van der Waals surface area contributed by atoms with Crippen LogP contribution in [0.1, 0.15) is 11.1 Å². The first-order chi connectivity index (χ1) is 19.3. The van der Waals surface area contributed by atoms with E-state index in [2.05, 4.69) is 118 Å². The highest BCUT2D eigenvalue weighted by Gasteiger charge is 2.21. The Kier molecular flexibility index (Phi) is 5.81. The van der Waals surface area contributed by atoms with Gasteiger partial charge in [0.2, 0.25) is 0 Å². The third kappa shape index (κ3) is 4.10. The van der Waals surface area contributed by atoms with Crippen molar-refractivity contribution in [2.45, 2.75) is 33.5 Å². The molecule has 0 radical (unpaired) electrons. The van der Waals surface area contributed by atoms with Crippen molar-refractivity contribution in [3.05, 3.63) is 108 Å². The molecule has 0 saturated carbocycles. The highest BCUT2D eigenvalue weighted by molar-refractivity contribution is 7.23. The third-order valence-corrected chi connectivity index (χ3v) is 11.4. The molecule has 0 N–H and O–H groups in total. The standard InChI is InChI=1S/C36H31NOSSi/c1-22-19-30-29-16-13-26(24-9-7-6-8-10-24)21-32(29)38-34(30)31(20-22)33-36-28(17-18-37-33)23(2)35(39-36)25-11-14-27(15-12-25)40(3,4)5/h6-21H,1-5H3. The number of fused-ring (bicyclic) bond motifs is 4. The summed E-state index contributed by atoms with van der Waals surface area (Å²) in [6.45, 7) is 11.6. The van der Waals surface area contributed by atoms with Crippen molar-refractivity contribution in [1.29, 1.82) is 0 Å². The van der Waals surface area contributed by atoms with E-state index < -0.39 is 8.07 Å². The van der Waals surface area contributed by atoms with Crippen molar-refractivity contribution in [2.75, 3.05) is 0 Å². The lowest BCUT2D eigenvalue weighted by atomic mass is 10.00. The summed E-state index contributed by atoms with van der Waals surface area (Å²) in [4.78, 5) is 6.27. The fourth-order valence-corrected chi connectivity index (χ4v) is 8.22. The molecule has 2 nitrogen and oxygen atoms in total. The zero-order valence-electron chi connectivity index (χ0n) is 23.5. The Morgan fingerprint density at radius 2 is 1.45 bits per heavy atom. The Labute approximate surface area is 240 Å². The van der Waals surface area contributed by atoms with E-state index in [1.54, 1.807) is 0 Å². The number of hydrogen-bond donors (Lipinski definition) is 0. The van der Waals surface area contributed by atoms with E-state index in [0.29, 0.717) is 0 Å². The zero-order chi connectivity index (χ0) is 27.6. The van der Waals surface area contributed by atoms with Crippen molar-refractivity contribution in [3.63, 3.8) is 0 Å². The molecule has 0 spiro atoms. The Morgan fingerprint density at radius 3 is 2.20 bits per heavy atom. The van der Waals surface area contributed by atoms with Crippen molar-refractivity contribution in [2.24, 2.45) is 0 Å². The average molecular weight is 554 g/mol. The number of thiophene rings is 1. The predicted molar refractivity (Wildman–Crippen MR) is 176 cm³/mol. The highest BCUT2D eigenvalue weighted by Crippen LogP contribution is 2.44. The normalized spacial score (nSPS) is 12.1. The molecule has 7 rings (SSSR count).